The molecule has 7 rings (SSSR count). The first-order valence-electron chi connectivity index (χ1n) is 13.0. The van der Waals surface area contributed by atoms with Crippen molar-refractivity contribution in [3.63, 3.8) is 0 Å². The highest BCUT2D eigenvalue weighted by Gasteiger charge is 2.41. The zero-order valence-electron chi connectivity index (χ0n) is 21.8. The maximum Gasteiger partial charge on any atom is 0.179 e. The van der Waals surface area contributed by atoms with E-state index in [0.717, 1.165) is 33.9 Å². The number of benzene rings is 4. The number of anilines is 2. The zero-order chi connectivity index (χ0) is 28.1. The van der Waals surface area contributed by atoms with Crippen LogP contribution in [0.2, 0.25) is 5.02 Å². The minimum absolute atomic E-state index is 0.0633. The van der Waals surface area contributed by atoms with Gasteiger partial charge in [-0.3, -0.25) is 0 Å². The Labute approximate surface area is 240 Å². The first-order valence-corrected chi connectivity index (χ1v) is 13.4. The average molecular weight is 558 g/mol. The monoisotopic (exact) mass is 557 g/mol. The summed E-state index contributed by atoms with van der Waals surface area (Å²) in [5.41, 5.74) is 5.96. The van der Waals surface area contributed by atoms with E-state index in [-0.39, 0.29) is 11.6 Å². The molecule has 0 fully saturated rings. The van der Waals surface area contributed by atoms with E-state index in [1.54, 1.807) is 12.1 Å². The second-order valence-corrected chi connectivity index (χ2v) is 10.2. The fourth-order valence-corrected chi connectivity index (χ4v) is 5.49. The summed E-state index contributed by atoms with van der Waals surface area (Å²) in [5, 5.41) is 20.5. The largest absolute Gasteiger partial charge is 0.545 e. The first-order chi connectivity index (χ1) is 20.0. The van der Waals surface area contributed by atoms with Gasteiger partial charge in [0.15, 0.2) is 17.5 Å². The van der Waals surface area contributed by atoms with Gasteiger partial charge in [-0.25, -0.2) is 14.7 Å². The van der Waals surface area contributed by atoms with Gasteiger partial charge in [-0.05, 0) is 66.6 Å². The number of carbonyl (C=O) groups is 1. The first kappa shape index (κ1) is 24.8. The number of fused-ring (bicyclic) bond motifs is 4. The van der Waals surface area contributed by atoms with E-state index in [4.69, 9.17) is 26.7 Å². The van der Waals surface area contributed by atoms with Gasteiger partial charge in [-0.1, -0.05) is 66.2 Å². The Hall–Kier alpha value is -5.21. The second kappa shape index (κ2) is 9.76. The predicted molar refractivity (Wildman–Crippen MR) is 159 cm³/mol. The number of nitrogens with one attached hydrogen (secondary N) is 1. The van der Waals surface area contributed by atoms with E-state index in [0.29, 0.717) is 28.2 Å². The molecule has 1 N–H and O–H groups in total. The lowest BCUT2D eigenvalue weighted by Crippen LogP contribution is -2.46. The molecular formula is C32H22ClN6O2-. The highest BCUT2D eigenvalue weighted by Crippen LogP contribution is 2.48. The van der Waals surface area contributed by atoms with E-state index in [2.05, 4.69) is 10.2 Å². The van der Waals surface area contributed by atoms with Gasteiger partial charge in [-0.15, -0.1) is 0 Å². The van der Waals surface area contributed by atoms with Crippen molar-refractivity contribution in [2.75, 3.05) is 10.2 Å². The molecule has 9 heteroatoms. The van der Waals surface area contributed by atoms with Gasteiger partial charge in [0, 0.05) is 16.3 Å². The normalized spacial score (nSPS) is 15.3. The van der Waals surface area contributed by atoms with Crippen LogP contribution in [-0.4, -0.2) is 27.4 Å². The zero-order valence-corrected chi connectivity index (χ0v) is 22.6. The summed E-state index contributed by atoms with van der Waals surface area (Å²) in [6.07, 6.45) is 0. The molecule has 0 amide bonds. The molecule has 1 atom stereocenters. The number of hydrogen-bond donors (Lipinski definition) is 1. The topological polar surface area (TPSA) is 97.9 Å². The number of carboxylic acid groups (broad SMARTS) is 1. The SMILES string of the molecule is Cc1nn(-c2ccccc2)c2c1[C@H](c1ccc(Cl)cc1)N1C(=N2)C(Nc2cccc(C(=O)[O-])c2)=Nc2ccccc21. The number of aliphatic imine (C=N–C) groups is 2. The molecule has 200 valence electrons. The van der Waals surface area contributed by atoms with Gasteiger partial charge in [0.2, 0.25) is 0 Å². The number of aryl methyl sites for hydroxylation is 1. The standard InChI is InChI=1S/C32H23ClN6O2/c1-19-27-28(20-14-16-22(33)17-15-20)38-26-13-6-5-12-25(26)35-29(34-23-9-7-8-21(18-23)32(40)41)31(38)36-30(27)39(37-19)24-10-3-2-4-11-24/h2-18,28H,1H3,(H,34,35)(H,40,41)/p-1/t28-/m0/s1. The molecule has 1 aromatic heterocycles. The van der Waals surface area contributed by atoms with Gasteiger partial charge >= 0.3 is 0 Å². The van der Waals surface area contributed by atoms with Crippen LogP contribution >= 0.6 is 11.6 Å². The summed E-state index contributed by atoms with van der Waals surface area (Å²) in [5.74, 6) is 0.488. The Morgan fingerprint density at radius 2 is 1.66 bits per heavy atom. The van der Waals surface area contributed by atoms with Crippen molar-refractivity contribution in [2.45, 2.75) is 13.0 Å². The third-order valence-corrected chi connectivity index (χ3v) is 7.44. The highest BCUT2D eigenvalue weighted by molar-refractivity contribution is 6.51. The van der Waals surface area contributed by atoms with E-state index in [1.165, 1.54) is 12.1 Å². The fourth-order valence-electron chi connectivity index (χ4n) is 5.37. The number of rotatable bonds is 4. The third-order valence-electron chi connectivity index (χ3n) is 7.19. The van der Waals surface area contributed by atoms with E-state index < -0.39 is 5.97 Å². The molecule has 2 aliphatic rings. The Morgan fingerprint density at radius 1 is 0.902 bits per heavy atom. The molecule has 0 saturated carbocycles. The van der Waals surface area contributed by atoms with Gasteiger partial charge in [0.25, 0.3) is 0 Å². The van der Waals surface area contributed by atoms with E-state index >= 15 is 0 Å². The number of para-hydroxylation sites is 3. The van der Waals surface area contributed by atoms with E-state index in [9.17, 15) is 9.90 Å². The molecule has 2 aliphatic heterocycles. The third kappa shape index (κ3) is 4.25. The number of aromatic carboxylic acids is 1. The number of aromatic nitrogens is 2. The van der Waals surface area contributed by atoms with Crippen LogP contribution in [0.1, 0.15) is 33.2 Å². The average Bonchev–Trinajstić information content (AvgIpc) is 3.33. The van der Waals surface area contributed by atoms with Crippen molar-refractivity contribution in [3.05, 3.63) is 131 Å². The van der Waals surface area contributed by atoms with Crippen molar-refractivity contribution in [2.24, 2.45) is 9.98 Å². The highest BCUT2D eigenvalue weighted by atomic mass is 35.5. The number of carbonyl (C=O) groups excluding carboxylic acids is 1. The molecule has 41 heavy (non-hydrogen) atoms. The second-order valence-electron chi connectivity index (χ2n) is 9.77. The lowest BCUT2D eigenvalue weighted by atomic mass is 9.93. The Bertz CT molecular complexity index is 1880. The fraction of sp³-hybridized carbons (Fsp3) is 0.0625. The van der Waals surface area contributed by atoms with E-state index in [1.807, 2.05) is 90.5 Å². The molecule has 0 saturated heterocycles. The maximum atomic E-state index is 11.6. The van der Waals surface area contributed by atoms with Gasteiger partial charge in [0.1, 0.15) is 0 Å². The lowest BCUT2D eigenvalue weighted by molar-refractivity contribution is -0.255. The summed E-state index contributed by atoms with van der Waals surface area (Å²) < 4.78 is 1.85. The maximum absolute atomic E-state index is 11.6. The summed E-state index contributed by atoms with van der Waals surface area (Å²) in [6, 6.07) is 31.7. The van der Waals surface area contributed by atoms with Crippen molar-refractivity contribution in [3.8, 4) is 5.69 Å². The Kier molecular flexibility index (Phi) is 5.91. The van der Waals surface area contributed by atoms with Gasteiger partial charge < -0.3 is 20.1 Å². The van der Waals surface area contributed by atoms with Gasteiger partial charge in [-0.2, -0.15) is 5.10 Å². The van der Waals surface area contributed by atoms with Crippen LogP contribution in [-0.2, 0) is 0 Å². The van der Waals surface area contributed by atoms with Gasteiger partial charge in [0.05, 0.1) is 34.8 Å². The molecule has 0 aliphatic carbocycles. The number of halogens is 1. The smallest absolute Gasteiger partial charge is 0.179 e. The molecule has 0 radical (unpaired) electrons. The summed E-state index contributed by atoms with van der Waals surface area (Å²) in [6.45, 7) is 2.00. The quantitative estimate of drug-likeness (QED) is 0.292. The summed E-state index contributed by atoms with van der Waals surface area (Å²) >= 11 is 6.30. The van der Waals surface area contributed by atoms with Crippen molar-refractivity contribution in [1.82, 2.24) is 9.78 Å². The van der Waals surface area contributed by atoms with Crippen LogP contribution < -0.4 is 15.3 Å². The number of nitrogens with zero attached hydrogens (tertiary/aromatic N) is 5. The van der Waals surface area contributed by atoms with Crippen molar-refractivity contribution < 1.29 is 9.90 Å². The molecule has 0 spiro atoms. The number of amidine groups is 2. The van der Waals surface area contributed by atoms with Crippen LogP contribution in [0.3, 0.4) is 0 Å². The summed E-state index contributed by atoms with van der Waals surface area (Å²) in [7, 11) is 0. The Balaban J connectivity index is 1.48. The lowest BCUT2D eigenvalue weighted by Gasteiger charge is -2.40. The van der Waals surface area contributed by atoms with Crippen LogP contribution in [0.25, 0.3) is 5.69 Å². The molecular weight excluding hydrogens is 536 g/mol. The molecule has 4 aromatic carbocycles. The molecule has 0 unspecified atom stereocenters. The van der Waals surface area contributed by atoms with Crippen LogP contribution in [0, 0.1) is 6.92 Å². The van der Waals surface area contributed by atoms with Crippen molar-refractivity contribution in [1.29, 1.82) is 0 Å². The Morgan fingerprint density at radius 3 is 2.44 bits per heavy atom. The molecule has 8 nitrogen and oxygen atoms in total. The molecule has 0 bridgehead atoms. The molecule has 5 aromatic rings. The van der Waals surface area contributed by atoms with Crippen LogP contribution in [0.5, 0.6) is 0 Å². The van der Waals surface area contributed by atoms with Crippen molar-refractivity contribution >= 4 is 52.1 Å². The molecule has 3 heterocycles. The summed E-state index contributed by atoms with van der Waals surface area (Å²) in [4.78, 5) is 23.8. The number of carboxylic acids is 1. The van der Waals surface area contributed by atoms with Crippen LogP contribution in [0.4, 0.5) is 22.9 Å². The predicted octanol–water partition coefficient (Wildman–Crippen LogP) is 5.99. The number of hydrogen-bond acceptors (Lipinski definition) is 7. The minimum atomic E-state index is -1.25. The van der Waals surface area contributed by atoms with Crippen LogP contribution in [0.15, 0.2) is 113 Å². The minimum Gasteiger partial charge on any atom is -0.545 e.